The molecule has 0 aliphatic carbocycles. The minimum atomic E-state index is -0.682. The number of nitro benzene ring substituents is 2. The summed E-state index contributed by atoms with van der Waals surface area (Å²) in [6.45, 7) is 0. The number of nitrogens with zero attached hydrogens (tertiary/aromatic N) is 6. The molecule has 12 heteroatoms. The smallest absolute Gasteiger partial charge is 0.271 e. The van der Waals surface area contributed by atoms with Gasteiger partial charge in [0, 0.05) is 24.3 Å². The largest absolute Gasteiger partial charge is 0.455 e. The second-order valence-corrected chi connectivity index (χ2v) is 6.34. The van der Waals surface area contributed by atoms with Crippen LogP contribution in [-0.4, -0.2) is 9.85 Å². The van der Waals surface area contributed by atoms with Gasteiger partial charge in [-0.2, -0.15) is 21.0 Å². The summed E-state index contributed by atoms with van der Waals surface area (Å²) in [5.41, 5.74) is -1.52. The van der Waals surface area contributed by atoms with E-state index in [9.17, 15) is 41.3 Å². The first kappa shape index (κ1) is 22.7. The molecular formula is C22H8N6O6. The lowest BCUT2D eigenvalue weighted by Crippen LogP contribution is -1.98. The Kier molecular flexibility index (Phi) is 6.30. The molecule has 0 heterocycles. The molecule has 0 bridgehead atoms. The van der Waals surface area contributed by atoms with Gasteiger partial charge >= 0.3 is 0 Å². The molecule has 3 aromatic carbocycles. The standard InChI is InChI=1S/C22H8N6O6/c23-9-13-7-15(27(29)30)1-3-19(13)33-21-5-6-22(18(12-26)17(21)11-25)34-20-4-2-16(28(31)32)8-14(20)10-24/h1-8H. The van der Waals surface area contributed by atoms with Crippen LogP contribution in [0.4, 0.5) is 11.4 Å². The highest BCUT2D eigenvalue weighted by Gasteiger charge is 2.20. The molecule has 12 nitrogen and oxygen atoms in total. The first-order chi connectivity index (χ1) is 16.3. The molecule has 0 saturated carbocycles. The minimum absolute atomic E-state index is 0.0794. The third-order valence-electron chi connectivity index (χ3n) is 4.38. The molecular weight excluding hydrogens is 444 g/mol. The lowest BCUT2D eigenvalue weighted by Gasteiger charge is -2.13. The molecule has 3 rings (SSSR count). The molecule has 0 atom stereocenters. The fraction of sp³-hybridized carbons (Fsp3) is 0. The molecule has 0 spiro atoms. The van der Waals surface area contributed by atoms with E-state index in [0.717, 1.165) is 24.3 Å². The van der Waals surface area contributed by atoms with E-state index in [2.05, 4.69) is 0 Å². The van der Waals surface area contributed by atoms with Crippen molar-refractivity contribution in [3.05, 3.63) is 91.0 Å². The number of ether oxygens (including phenoxy) is 2. The lowest BCUT2D eigenvalue weighted by molar-refractivity contribution is -0.385. The summed E-state index contributed by atoms with van der Waals surface area (Å²) in [6, 6.07) is 16.3. The van der Waals surface area contributed by atoms with Crippen molar-refractivity contribution in [3.63, 3.8) is 0 Å². The van der Waals surface area contributed by atoms with E-state index >= 15 is 0 Å². The van der Waals surface area contributed by atoms with Crippen LogP contribution in [0.25, 0.3) is 0 Å². The number of benzene rings is 3. The Bertz CT molecular complexity index is 1410. The molecule has 0 amide bonds. The zero-order chi connectivity index (χ0) is 24.8. The summed E-state index contributed by atoms with van der Waals surface area (Å²) >= 11 is 0. The fourth-order valence-corrected chi connectivity index (χ4v) is 2.81. The van der Waals surface area contributed by atoms with Gasteiger partial charge in [-0.05, 0) is 24.3 Å². The Morgan fingerprint density at radius 1 is 0.588 bits per heavy atom. The molecule has 0 N–H and O–H groups in total. The summed E-state index contributed by atoms with van der Waals surface area (Å²) < 4.78 is 11.2. The van der Waals surface area contributed by atoms with Gasteiger partial charge in [-0.1, -0.05) is 0 Å². The maximum Gasteiger partial charge on any atom is 0.271 e. The van der Waals surface area contributed by atoms with Gasteiger partial charge in [0.15, 0.2) is 0 Å². The van der Waals surface area contributed by atoms with Gasteiger partial charge < -0.3 is 9.47 Å². The number of hydrogen-bond donors (Lipinski definition) is 0. The molecule has 3 aromatic rings. The van der Waals surface area contributed by atoms with Crippen LogP contribution >= 0.6 is 0 Å². The van der Waals surface area contributed by atoms with Crippen molar-refractivity contribution in [2.45, 2.75) is 0 Å². The lowest BCUT2D eigenvalue weighted by atomic mass is 10.1. The highest BCUT2D eigenvalue weighted by Crippen LogP contribution is 2.37. The molecule has 0 unspecified atom stereocenters. The number of non-ortho nitro benzene ring substituents is 2. The van der Waals surface area contributed by atoms with Crippen molar-refractivity contribution in [1.29, 1.82) is 21.0 Å². The molecule has 0 aliphatic rings. The zero-order valence-corrected chi connectivity index (χ0v) is 16.8. The van der Waals surface area contributed by atoms with Gasteiger partial charge in [0.05, 0.1) is 9.85 Å². The van der Waals surface area contributed by atoms with Crippen molar-refractivity contribution in [2.75, 3.05) is 0 Å². The summed E-state index contributed by atoms with van der Waals surface area (Å²) in [5, 5.41) is 59.6. The van der Waals surface area contributed by atoms with Gasteiger partial charge in [-0.25, -0.2) is 0 Å². The fourth-order valence-electron chi connectivity index (χ4n) is 2.81. The zero-order valence-electron chi connectivity index (χ0n) is 16.8. The maximum absolute atomic E-state index is 10.9. The van der Waals surface area contributed by atoms with Crippen LogP contribution in [0.3, 0.4) is 0 Å². The Balaban J connectivity index is 2.04. The molecule has 0 aromatic heterocycles. The normalized spacial score (nSPS) is 9.53. The van der Waals surface area contributed by atoms with Gasteiger partial charge in [0.25, 0.3) is 11.4 Å². The van der Waals surface area contributed by atoms with Gasteiger partial charge in [-0.15, -0.1) is 0 Å². The Hall–Kier alpha value is -5.98. The van der Waals surface area contributed by atoms with E-state index < -0.39 is 9.85 Å². The van der Waals surface area contributed by atoms with Crippen LogP contribution in [0.15, 0.2) is 48.5 Å². The SMILES string of the molecule is N#Cc1cc([N+](=O)[O-])ccc1Oc1ccc(Oc2ccc([N+](=O)[O-])cc2C#N)c(C#N)c1C#N. The quantitative estimate of drug-likeness (QED) is 0.376. The highest BCUT2D eigenvalue weighted by atomic mass is 16.6. The second-order valence-electron chi connectivity index (χ2n) is 6.34. The number of hydrogen-bond acceptors (Lipinski definition) is 10. The van der Waals surface area contributed by atoms with E-state index in [0.29, 0.717) is 0 Å². The third-order valence-corrected chi connectivity index (χ3v) is 4.38. The topological polar surface area (TPSA) is 200 Å². The molecule has 34 heavy (non-hydrogen) atoms. The van der Waals surface area contributed by atoms with Crippen molar-refractivity contribution in [3.8, 4) is 47.3 Å². The summed E-state index contributed by atoms with van der Waals surface area (Å²) in [6.07, 6.45) is 0. The predicted octanol–water partition coefficient (Wildman–Crippen LogP) is 4.57. The Morgan fingerprint density at radius 2 is 0.941 bits per heavy atom. The van der Waals surface area contributed by atoms with Crippen molar-refractivity contribution in [2.24, 2.45) is 0 Å². The Labute approximate surface area is 190 Å². The predicted molar refractivity (Wildman–Crippen MR) is 112 cm³/mol. The van der Waals surface area contributed by atoms with E-state index in [-0.39, 0.29) is 56.6 Å². The van der Waals surface area contributed by atoms with Crippen LogP contribution in [0.1, 0.15) is 22.3 Å². The van der Waals surface area contributed by atoms with Crippen LogP contribution < -0.4 is 9.47 Å². The van der Waals surface area contributed by atoms with Gasteiger partial charge in [-0.3, -0.25) is 20.2 Å². The Morgan fingerprint density at radius 3 is 1.24 bits per heavy atom. The first-order valence-corrected chi connectivity index (χ1v) is 9.03. The summed E-state index contributed by atoms with van der Waals surface area (Å²) in [7, 11) is 0. The van der Waals surface area contributed by atoms with Crippen molar-refractivity contribution >= 4 is 11.4 Å². The van der Waals surface area contributed by atoms with Crippen LogP contribution in [-0.2, 0) is 0 Å². The van der Waals surface area contributed by atoms with Crippen LogP contribution in [0.5, 0.6) is 23.0 Å². The molecule has 0 aliphatic heterocycles. The van der Waals surface area contributed by atoms with Crippen molar-refractivity contribution in [1.82, 2.24) is 0 Å². The average molecular weight is 452 g/mol. The molecule has 0 radical (unpaired) electrons. The summed E-state index contributed by atoms with van der Waals surface area (Å²) in [5.74, 6) is -0.407. The second kappa shape index (κ2) is 9.44. The average Bonchev–Trinajstić information content (AvgIpc) is 2.84. The first-order valence-electron chi connectivity index (χ1n) is 9.03. The molecule has 162 valence electrons. The van der Waals surface area contributed by atoms with Crippen LogP contribution in [0.2, 0.25) is 0 Å². The summed E-state index contributed by atoms with van der Waals surface area (Å²) in [4.78, 5) is 20.5. The van der Waals surface area contributed by atoms with E-state index in [1.54, 1.807) is 12.1 Å². The monoisotopic (exact) mass is 452 g/mol. The van der Waals surface area contributed by atoms with Gasteiger partial charge in [0.1, 0.15) is 69.5 Å². The number of rotatable bonds is 6. The highest BCUT2D eigenvalue weighted by molar-refractivity contribution is 5.63. The van der Waals surface area contributed by atoms with Crippen molar-refractivity contribution < 1.29 is 19.3 Å². The van der Waals surface area contributed by atoms with Gasteiger partial charge in [0.2, 0.25) is 0 Å². The minimum Gasteiger partial charge on any atom is -0.455 e. The van der Waals surface area contributed by atoms with E-state index in [1.165, 1.54) is 24.3 Å². The van der Waals surface area contributed by atoms with E-state index in [4.69, 9.17) is 9.47 Å². The molecule has 0 fully saturated rings. The maximum atomic E-state index is 10.9. The third kappa shape index (κ3) is 4.37. The molecule has 0 saturated heterocycles. The van der Waals surface area contributed by atoms with Crippen LogP contribution in [0, 0.1) is 65.6 Å². The number of nitriles is 4. The van der Waals surface area contributed by atoms with E-state index in [1.807, 2.05) is 12.1 Å². The number of nitro groups is 2.